The van der Waals surface area contributed by atoms with E-state index in [-0.39, 0.29) is 5.43 Å². The van der Waals surface area contributed by atoms with Crippen LogP contribution in [0.15, 0.2) is 47.3 Å². The average Bonchev–Trinajstić information content (AvgIpc) is 2.48. The molecule has 0 fully saturated rings. The molecule has 0 amide bonds. The summed E-state index contributed by atoms with van der Waals surface area (Å²) >= 11 is 3.96. The van der Waals surface area contributed by atoms with Gasteiger partial charge in [-0.3, -0.25) is 4.79 Å². The molecule has 0 N–H and O–H groups in total. The van der Waals surface area contributed by atoms with E-state index < -0.39 is 0 Å². The number of benzene rings is 2. The van der Waals surface area contributed by atoms with Crippen LogP contribution >= 0.6 is 33.9 Å². The molecular formula is C16H13IO2S. The molecule has 20 heavy (non-hydrogen) atoms. The monoisotopic (exact) mass is 396 g/mol. The van der Waals surface area contributed by atoms with Crippen LogP contribution in [0.25, 0.3) is 20.2 Å². The van der Waals surface area contributed by atoms with Crippen molar-refractivity contribution in [2.45, 2.75) is 6.42 Å². The molecule has 1 heterocycles. The van der Waals surface area contributed by atoms with Crippen molar-refractivity contribution < 1.29 is 4.74 Å². The van der Waals surface area contributed by atoms with Gasteiger partial charge in [-0.25, -0.2) is 0 Å². The van der Waals surface area contributed by atoms with Crippen LogP contribution in [0.3, 0.4) is 0 Å². The van der Waals surface area contributed by atoms with Crippen LogP contribution in [0.5, 0.6) is 5.75 Å². The highest BCUT2D eigenvalue weighted by Crippen LogP contribution is 2.30. The largest absolute Gasteiger partial charge is 0.493 e. The normalized spacial score (nSPS) is 11.1. The number of ether oxygens (including phenoxy) is 1. The van der Waals surface area contributed by atoms with Gasteiger partial charge in [0.25, 0.3) is 0 Å². The van der Waals surface area contributed by atoms with Crippen LogP contribution in [0, 0.1) is 0 Å². The van der Waals surface area contributed by atoms with Crippen LogP contribution in [0.2, 0.25) is 0 Å². The van der Waals surface area contributed by atoms with E-state index in [1.54, 1.807) is 11.3 Å². The first-order valence-electron chi connectivity index (χ1n) is 6.44. The van der Waals surface area contributed by atoms with Crippen molar-refractivity contribution in [1.82, 2.24) is 0 Å². The van der Waals surface area contributed by atoms with Crippen LogP contribution in [-0.2, 0) is 0 Å². The Kier molecular flexibility index (Phi) is 4.21. The summed E-state index contributed by atoms with van der Waals surface area (Å²) in [5.74, 6) is 0.708. The third-order valence-electron chi connectivity index (χ3n) is 3.10. The Morgan fingerprint density at radius 1 is 1.05 bits per heavy atom. The molecule has 2 nitrogen and oxygen atoms in total. The molecule has 0 saturated carbocycles. The Hall–Kier alpha value is -1.14. The summed E-state index contributed by atoms with van der Waals surface area (Å²) in [6.07, 6.45) is 0.988. The minimum Gasteiger partial charge on any atom is -0.493 e. The summed E-state index contributed by atoms with van der Waals surface area (Å²) in [5, 5.41) is 1.49. The zero-order valence-corrected chi connectivity index (χ0v) is 13.7. The Bertz CT molecular complexity index is 810. The Morgan fingerprint density at radius 3 is 2.70 bits per heavy atom. The van der Waals surface area contributed by atoms with Gasteiger partial charge in [0, 0.05) is 19.2 Å². The van der Waals surface area contributed by atoms with Gasteiger partial charge in [0.1, 0.15) is 5.75 Å². The maximum Gasteiger partial charge on any atom is 0.199 e. The van der Waals surface area contributed by atoms with E-state index >= 15 is 0 Å². The number of hydrogen-bond donors (Lipinski definition) is 0. The van der Waals surface area contributed by atoms with Gasteiger partial charge in [-0.1, -0.05) is 40.8 Å². The van der Waals surface area contributed by atoms with Gasteiger partial charge in [0.2, 0.25) is 0 Å². The number of hydrogen-bond acceptors (Lipinski definition) is 3. The van der Waals surface area contributed by atoms with E-state index in [1.165, 1.54) is 0 Å². The summed E-state index contributed by atoms with van der Waals surface area (Å²) in [5.41, 5.74) is 0.0689. The van der Waals surface area contributed by atoms with Gasteiger partial charge >= 0.3 is 0 Å². The van der Waals surface area contributed by atoms with E-state index in [9.17, 15) is 4.79 Å². The van der Waals surface area contributed by atoms with Gasteiger partial charge in [-0.2, -0.15) is 0 Å². The molecule has 0 saturated heterocycles. The second-order valence-electron chi connectivity index (χ2n) is 4.45. The van der Waals surface area contributed by atoms with E-state index in [2.05, 4.69) is 22.6 Å². The molecule has 4 heteroatoms. The van der Waals surface area contributed by atoms with Gasteiger partial charge in [-0.15, -0.1) is 11.3 Å². The van der Waals surface area contributed by atoms with Gasteiger partial charge in [0.15, 0.2) is 5.43 Å². The van der Waals surface area contributed by atoms with Crippen LogP contribution in [-0.4, -0.2) is 11.0 Å². The summed E-state index contributed by atoms with van der Waals surface area (Å²) < 4.78 is 8.85. The molecule has 0 aliphatic carbocycles. The van der Waals surface area contributed by atoms with Crippen molar-refractivity contribution in [3.8, 4) is 5.75 Å². The van der Waals surface area contributed by atoms with Crippen molar-refractivity contribution in [2.75, 3.05) is 11.0 Å². The lowest BCUT2D eigenvalue weighted by Crippen LogP contribution is -2.05. The minimum atomic E-state index is 0.0689. The first-order valence-corrected chi connectivity index (χ1v) is 8.79. The molecule has 0 aliphatic heterocycles. The second-order valence-corrected chi connectivity index (χ2v) is 6.61. The molecule has 2 aromatic carbocycles. The molecule has 0 radical (unpaired) electrons. The zero-order chi connectivity index (χ0) is 13.9. The smallest absolute Gasteiger partial charge is 0.199 e. The summed E-state index contributed by atoms with van der Waals surface area (Å²) in [6, 6.07) is 13.6. The van der Waals surface area contributed by atoms with E-state index in [0.717, 1.165) is 25.6 Å². The second kappa shape index (κ2) is 6.10. The molecule has 0 atom stereocenters. The zero-order valence-electron chi connectivity index (χ0n) is 10.8. The fourth-order valence-corrected chi connectivity index (χ4v) is 3.58. The van der Waals surface area contributed by atoms with Crippen molar-refractivity contribution in [2.24, 2.45) is 0 Å². The molecule has 3 aromatic rings. The predicted molar refractivity (Wildman–Crippen MR) is 94.6 cm³/mol. The lowest BCUT2D eigenvalue weighted by Gasteiger charge is -2.08. The fraction of sp³-hybridized carbons (Fsp3) is 0.188. The molecule has 0 bridgehead atoms. The molecule has 1 aromatic heterocycles. The molecule has 0 spiro atoms. The Morgan fingerprint density at radius 2 is 1.85 bits per heavy atom. The Balaban J connectivity index is 2.22. The average molecular weight is 396 g/mol. The van der Waals surface area contributed by atoms with Crippen molar-refractivity contribution >= 4 is 54.1 Å². The van der Waals surface area contributed by atoms with Crippen molar-refractivity contribution in [3.63, 3.8) is 0 Å². The topological polar surface area (TPSA) is 26.3 Å². The Labute approximate surface area is 134 Å². The minimum absolute atomic E-state index is 0.0689. The van der Waals surface area contributed by atoms with Crippen molar-refractivity contribution in [3.05, 3.63) is 52.7 Å². The maximum absolute atomic E-state index is 12.7. The first-order chi connectivity index (χ1) is 9.81. The third kappa shape index (κ3) is 2.54. The molecule has 102 valence electrons. The number of fused-ring (bicyclic) bond motifs is 2. The highest BCUT2D eigenvalue weighted by molar-refractivity contribution is 14.1. The third-order valence-corrected chi connectivity index (χ3v) is 5.00. The lowest BCUT2D eigenvalue weighted by molar-refractivity contribution is 0.323. The molecule has 0 unspecified atom stereocenters. The fourth-order valence-electron chi connectivity index (χ4n) is 2.17. The van der Waals surface area contributed by atoms with Gasteiger partial charge < -0.3 is 4.74 Å². The van der Waals surface area contributed by atoms with Crippen LogP contribution in [0.1, 0.15) is 6.42 Å². The standard InChI is InChI=1S/C16H13IO2S/c17-9-4-10-19-12-6-3-8-14-15(12)16(18)11-5-1-2-7-13(11)20-14/h1-3,5-8H,4,9-10H2. The van der Waals surface area contributed by atoms with Crippen LogP contribution < -0.4 is 10.2 Å². The van der Waals surface area contributed by atoms with Gasteiger partial charge in [0.05, 0.1) is 12.0 Å². The number of alkyl halides is 1. The van der Waals surface area contributed by atoms with E-state index in [0.29, 0.717) is 17.7 Å². The number of rotatable bonds is 4. The summed E-state index contributed by atoms with van der Waals surface area (Å²) in [7, 11) is 0. The summed E-state index contributed by atoms with van der Waals surface area (Å²) in [4.78, 5) is 12.7. The van der Waals surface area contributed by atoms with Crippen LogP contribution in [0.4, 0.5) is 0 Å². The quantitative estimate of drug-likeness (QED) is 0.279. The van der Waals surface area contributed by atoms with Crippen molar-refractivity contribution in [1.29, 1.82) is 0 Å². The highest BCUT2D eigenvalue weighted by atomic mass is 127. The highest BCUT2D eigenvalue weighted by Gasteiger charge is 2.10. The first kappa shape index (κ1) is 13.8. The molecule has 3 rings (SSSR count). The predicted octanol–water partition coefficient (Wildman–Crippen LogP) is 4.62. The SMILES string of the molecule is O=c1c2ccccc2sc2cccc(OCCCI)c12. The van der Waals surface area contributed by atoms with E-state index in [4.69, 9.17) is 4.74 Å². The lowest BCUT2D eigenvalue weighted by atomic mass is 10.1. The maximum atomic E-state index is 12.7. The molecular weight excluding hydrogens is 383 g/mol. The van der Waals surface area contributed by atoms with E-state index in [1.807, 2.05) is 42.5 Å². The van der Waals surface area contributed by atoms with Gasteiger partial charge in [-0.05, 0) is 30.7 Å². The summed E-state index contributed by atoms with van der Waals surface area (Å²) in [6.45, 7) is 0.652. The number of halogens is 1. The molecule has 0 aliphatic rings.